The largest absolute Gasteiger partial charge is 0.480 e. The molecule has 4 aromatic heterocycles. The zero-order chi connectivity index (χ0) is 20.0. The fourth-order valence-electron chi connectivity index (χ4n) is 3.70. The van der Waals surface area contributed by atoms with Gasteiger partial charge < -0.3 is 9.47 Å². The van der Waals surface area contributed by atoms with E-state index in [4.69, 9.17) is 9.47 Å². The number of fused-ring (bicyclic) bond motifs is 1. The van der Waals surface area contributed by atoms with Gasteiger partial charge in [-0.05, 0) is 36.0 Å². The molecule has 0 N–H and O–H groups in total. The Balaban J connectivity index is 1.60. The summed E-state index contributed by atoms with van der Waals surface area (Å²) in [6.45, 7) is 0. The lowest BCUT2D eigenvalue weighted by Crippen LogP contribution is -2.02. The lowest BCUT2D eigenvalue weighted by atomic mass is 10.0. The molecule has 1 aliphatic rings. The SMILES string of the molecule is COc1ncc(-c2cc([C@H]3C[C@@H]3c3ccncc3F)c3nccn3n2)c(OC)n1. The molecule has 0 radical (unpaired) electrons. The van der Waals surface area contributed by atoms with Crippen LogP contribution in [0.1, 0.15) is 29.4 Å². The highest BCUT2D eigenvalue weighted by Gasteiger charge is 2.42. The van der Waals surface area contributed by atoms with Gasteiger partial charge in [0.1, 0.15) is 5.82 Å². The Bertz CT molecular complexity index is 1210. The maximum Gasteiger partial charge on any atom is 0.319 e. The number of imidazole rings is 1. The first kappa shape index (κ1) is 17.5. The highest BCUT2D eigenvalue weighted by Crippen LogP contribution is 2.56. The van der Waals surface area contributed by atoms with Crippen LogP contribution in [0.4, 0.5) is 4.39 Å². The summed E-state index contributed by atoms with van der Waals surface area (Å²) >= 11 is 0. The van der Waals surface area contributed by atoms with Crippen LogP contribution in [-0.4, -0.2) is 43.8 Å². The van der Waals surface area contributed by atoms with Crippen LogP contribution in [0.25, 0.3) is 16.9 Å². The third-order valence-corrected chi connectivity index (χ3v) is 5.16. The monoisotopic (exact) mass is 392 g/mol. The quantitative estimate of drug-likeness (QED) is 0.516. The summed E-state index contributed by atoms with van der Waals surface area (Å²) in [6, 6.07) is 3.91. The molecule has 0 unspecified atom stereocenters. The molecule has 0 aromatic carbocycles. The molecule has 2 atom stereocenters. The average molecular weight is 392 g/mol. The number of halogens is 1. The lowest BCUT2D eigenvalue weighted by Gasteiger charge is -2.10. The molecule has 0 spiro atoms. The van der Waals surface area contributed by atoms with Crippen molar-refractivity contribution >= 4 is 5.65 Å². The van der Waals surface area contributed by atoms with E-state index in [9.17, 15) is 4.39 Å². The zero-order valence-electron chi connectivity index (χ0n) is 15.8. The van der Waals surface area contributed by atoms with Gasteiger partial charge in [-0.3, -0.25) is 4.98 Å². The van der Waals surface area contributed by atoms with Crippen LogP contribution in [0.15, 0.2) is 43.1 Å². The van der Waals surface area contributed by atoms with Gasteiger partial charge in [-0.15, -0.1) is 0 Å². The van der Waals surface area contributed by atoms with E-state index >= 15 is 0 Å². The lowest BCUT2D eigenvalue weighted by molar-refractivity contribution is 0.353. The molecule has 0 amide bonds. The molecule has 1 aliphatic carbocycles. The van der Waals surface area contributed by atoms with E-state index < -0.39 is 0 Å². The van der Waals surface area contributed by atoms with E-state index in [1.165, 1.54) is 20.4 Å². The predicted octanol–water partition coefficient (Wildman–Crippen LogP) is 3.01. The van der Waals surface area contributed by atoms with Crippen molar-refractivity contribution in [3.63, 3.8) is 0 Å². The van der Waals surface area contributed by atoms with E-state index in [0.717, 1.165) is 17.6 Å². The van der Waals surface area contributed by atoms with Crippen molar-refractivity contribution in [1.82, 2.24) is 29.5 Å². The first-order chi connectivity index (χ1) is 14.2. The summed E-state index contributed by atoms with van der Waals surface area (Å²) in [6.07, 6.45) is 8.81. The molecule has 0 saturated heterocycles. The van der Waals surface area contributed by atoms with Crippen molar-refractivity contribution in [2.45, 2.75) is 18.3 Å². The Morgan fingerprint density at radius 3 is 2.72 bits per heavy atom. The van der Waals surface area contributed by atoms with Crippen LogP contribution in [-0.2, 0) is 0 Å². The molecule has 29 heavy (non-hydrogen) atoms. The first-order valence-corrected chi connectivity index (χ1v) is 9.08. The number of methoxy groups -OCH3 is 2. The molecule has 1 saturated carbocycles. The van der Waals surface area contributed by atoms with E-state index in [1.807, 2.05) is 6.07 Å². The maximum absolute atomic E-state index is 14.2. The van der Waals surface area contributed by atoms with Crippen molar-refractivity contribution in [2.24, 2.45) is 0 Å². The molecule has 4 heterocycles. The molecule has 5 rings (SSSR count). The van der Waals surface area contributed by atoms with Crippen molar-refractivity contribution < 1.29 is 13.9 Å². The third kappa shape index (κ3) is 2.95. The minimum Gasteiger partial charge on any atom is -0.480 e. The third-order valence-electron chi connectivity index (χ3n) is 5.16. The Hall–Kier alpha value is -3.62. The fraction of sp³-hybridized carbons (Fsp3) is 0.250. The van der Waals surface area contributed by atoms with E-state index in [0.29, 0.717) is 22.7 Å². The second-order valence-electron chi connectivity index (χ2n) is 6.81. The van der Waals surface area contributed by atoms with Gasteiger partial charge in [-0.2, -0.15) is 10.1 Å². The van der Waals surface area contributed by atoms with Crippen LogP contribution in [0.5, 0.6) is 11.9 Å². The number of pyridine rings is 1. The first-order valence-electron chi connectivity index (χ1n) is 9.08. The summed E-state index contributed by atoms with van der Waals surface area (Å²) in [5, 5.41) is 4.63. The molecule has 8 nitrogen and oxygen atoms in total. The van der Waals surface area contributed by atoms with Crippen molar-refractivity contribution in [2.75, 3.05) is 14.2 Å². The van der Waals surface area contributed by atoms with Gasteiger partial charge in [-0.1, -0.05) is 0 Å². The second kappa shape index (κ2) is 6.77. The predicted molar refractivity (Wildman–Crippen MR) is 101 cm³/mol. The molecule has 1 fully saturated rings. The van der Waals surface area contributed by atoms with Crippen LogP contribution in [0.2, 0.25) is 0 Å². The van der Waals surface area contributed by atoms with Crippen molar-refractivity contribution in [3.05, 3.63) is 60.1 Å². The Morgan fingerprint density at radius 2 is 1.93 bits per heavy atom. The Kier molecular flexibility index (Phi) is 4.08. The summed E-state index contributed by atoms with van der Waals surface area (Å²) in [4.78, 5) is 16.7. The molecule has 9 heteroatoms. The van der Waals surface area contributed by atoms with Gasteiger partial charge in [0, 0.05) is 30.4 Å². The zero-order valence-corrected chi connectivity index (χ0v) is 15.8. The fourth-order valence-corrected chi connectivity index (χ4v) is 3.70. The summed E-state index contributed by atoms with van der Waals surface area (Å²) in [7, 11) is 3.03. The molecule has 0 bridgehead atoms. The van der Waals surface area contributed by atoms with Crippen LogP contribution >= 0.6 is 0 Å². The summed E-state index contributed by atoms with van der Waals surface area (Å²) in [5.74, 6) is 0.313. The molecular weight excluding hydrogens is 375 g/mol. The van der Waals surface area contributed by atoms with Gasteiger partial charge in [0.2, 0.25) is 5.88 Å². The van der Waals surface area contributed by atoms with Crippen LogP contribution < -0.4 is 9.47 Å². The minimum absolute atomic E-state index is 0.0859. The standard InChI is InChI=1S/C20H17FN6O2/c1-28-19-15(9-24-20(25-19)29-2)17-8-14(18-23-5-6-27(18)26-17)13-7-12(13)11-3-4-22-10-16(11)21/h3-6,8-10,12-13H,7H2,1-2H3/t12-,13+/m1/s1. The number of rotatable bonds is 5. The van der Waals surface area contributed by atoms with Crippen LogP contribution in [0.3, 0.4) is 0 Å². The molecule has 4 aromatic rings. The van der Waals surface area contributed by atoms with Gasteiger partial charge in [-0.25, -0.2) is 18.9 Å². The maximum atomic E-state index is 14.2. The second-order valence-corrected chi connectivity index (χ2v) is 6.81. The summed E-state index contributed by atoms with van der Waals surface area (Å²) < 4.78 is 26.4. The van der Waals surface area contributed by atoms with E-state index in [2.05, 4.69) is 25.0 Å². The number of hydrogen-bond acceptors (Lipinski definition) is 7. The summed E-state index contributed by atoms with van der Waals surface area (Å²) in [5.41, 5.74) is 3.71. The normalized spacial score (nSPS) is 18.0. The van der Waals surface area contributed by atoms with Gasteiger partial charge >= 0.3 is 6.01 Å². The van der Waals surface area contributed by atoms with Crippen LogP contribution in [0, 0.1) is 5.82 Å². The van der Waals surface area contributed by atoms with Gasteiger partial charge in [0.05, 0.1) is 31.7 Å². The van der Waals surface area contributed by atoms with Gasteiger partial charge in [0.25, 0.3) is 0 Å². The highest BCUT2D eigenvalue weighted by atomic mass is 19.1. The molecular formula is C20H17FN6O2. The van der Waals surface area contributed by atoms with E-state index in [1.54, 1.807) is 35.4 Å². The average Bonchev–Trinajstić information content (AvgIpc) is 3.40. The van der Waals surface area contributed by atoms with Crippen molar-refractivity contribution in [3.8, 4) is 23.1 Å². The topological polar surface area (TPSA) is 87.3 Å². The Morgan fingerprint density at radius 1 is 1.07 bits per heavy atom. The Labute approximate surface area is 165 Å². The minimum atomic E-state index is -0.279. The van der Waals surface area contributed by atoms with Crippen molar-refractivity contribution in [1.29, 1.82) is 0 Å². The molecule has 146 valence electrons. The molecule has 0 aliphatic heterocycles. The number of ether oxygens (including phenoxy) is 2. The number of aromatic nitrogens is 6. The number of hydrogen-bond donors (Lipinski definition) is 0. The highest BCUT2D eigenvalue weighted by molar-refractivity contribution is 5.68. The smallest absolute Gasteiger partial charge is 0.319 e. The number of nitrogens with zero attached hydrogens (tertiary/aromatic N) is 6. The van der Waals surface area contributed by atoms with Gasteiger partial charge in [0.15, 0.2) is 5.65 Å². The van der Waals surface area contributed by atoms with E-state index in [-0.39, 0.29) is 23.7 Å².